The largest absolute Gasteiger partial charge is 0.456 e. The summed E-state index contributed by atoms with van der Waals surface area (Å²) in [5.41, 5.74) is 1.43. The van der Waals surface area contributed by atoms with E-state index >= 15 is 0 Å². The van der Waals surface area contributed by atoms with Crippen LogP contribution in [0.5, 0.6) is 0 Å². The van der Waals surface area contributed by atoms with Crippen LogP contribution in [0.2, 0.25) is 0 Å². The van der Waals surface area contributed by atoms with Gasteiger partial charge in [-0.15, -0.1) is 0 Å². The third-order valence-corrected chi connectivity index (χ3v) is 2.18. The van der Waals surface area contributed by atoms with Crippen LogP contribution in [0.15, 0.2) is 18.2 Å². The standard InChI is InChI=1S/C14H19NO3/c1-9-6-7-11(8-12(9)15-10(2)16)13(17)18-14(3,4)5/h6-8H,1-5H3,(H,15,16). The monoisotopic (exact) mass is 249 g/mol. The number of amides is 1. The fraction of sp³-hybridized carbons (Fsp3) is 0.429. The SMILES string of the molecule is CC(=O)Nc1cc(C(=O)OC(C)(C)C)ccc1C. The zero-order valence-electron chi connectivity index (χ0n) is 11.5. The minimum Gasteiger partial charge on any atom is -0.456 e. The predicted molar refractivity (Wildman–Crippen MR) is 70.7 cm³/mol. The number of ether oxygens (including phenoxy) is 1. The second kappa shape index (κ2) is 5.21. The van der Waals surface area contributed by atoms with E-state index in [4.69, 9.17) is 4.74 Å². The maximum Gasteiger partial charge on any atom is 0.338 e. The number of carbonyl (C=O) groups is 2. The predicted octanol–water partition coefficient (Wildman–Crippen LogP) is 2.91. The molecule has 1 amide bonds. The van der Waals surface area contributed by atoms with Crippen LogP contribution >= 0.6 is 0 Å². The van der Waals surface area contributed by atoms with E-state index in [0.29, 0.717) is 11.3 Å². The quantitative estimate of drug-likeness (QED) is 0.820. The van der Waals surface area contributed by atoms with Gasteiger partial charge in [-0.3, -0.25) is 4.79 Å². The Labute approximate surface area is 107 Å². The molecule has 0 spiro atoms. The van der Waals surface area contributed by atoms with E-state index in [0.717, 1.165) is 5.56 Å². The molecule has 1 aromatic rings. The first kappa shape index (κ1) is 14.2. The molecule has 0 bridgehead atoms. The smallest absolute Gasteiger partial charge is 0.338 e. The fourth-order valence-electron chi connectivity index (χ4n) is 1.41. The van der Waals surface area contributed by atoms with Crippen LogP contribution < -0.4 is 5.32 Å². The number of aryl methyl sites for hydroxylation is 1. The molecule has 98 valence electrons. The molecule has 1 N–H and O–H groups in total. The van der Waals surface area contributed by atoms with Crippen LogP contribution in [0.25, 0.3) is 0 Å². The Hall–Kier alpha value is -1.84. The highest BCUT2D eigenvalue weighted by Crippen LogP contribution is 2.19. The lowest BCUT2D eigenvalue weighted by Gasteiger charge is -2.20. The summed E-state index contributed by atoms with van der Waals surface area (Å²) in [6, 6.07) is 5.10. The summed E-state index contributed by atoms with van der Waals surface area (Å²) >= 11 is 0. The average molecular weight is 249 g/mol. The summed E-state index contributed by atoms with van der Waals surface area (Å²) in [7, 11) is 0. The van der Waals surface area contributed by atoms with Gasteiger partial charge in [0.15, 0.2) is 0 Å². The van der Waals surface area contributed by atoms with Crippen molar-refractivity contribution in [2.45, 2.75) is 40.2 Å². The summed E-state index contributed by atoms with van der Waals surface area (Å²) in [6.45, 7) is 8.74. The second-order valence-corrected chi connectivity index (χ2v) is 5.21. The Morgan fingerprint density at radius 3 is 2.33 bits per heavy atom. The van der Waals surface area contributed by atoms with Gasteiger partial charge >= 0.3 is 5.97 Å². The van der Waals surface area contributed by atoms with Crippen LogP contribution in [0, 0.1) is 6.92 Å². The molecule has 1 rings (SSSR count). The zero-order valence-corrected chi connectivity index (χ0v) is 11.5. The van der Waals surface area contributed by atoms with E-state index < -0.39 is 11.6 Å². The molecule has 0 unspecified atom stereocenters. The number of benzene rings is 1. The van der Waals surface area contributed by atoms with Crippen molar-refractivity contribution in [3.8, 4) is 0 Å². The number of nitrogens with one attached hydrogen (secondary N) is 1. The number of rotatable bonds is 2. The number of hydrogen-bond acceptors (Lipinski definition) is 3. The van der Waals surface area contributed by atoms with Crippen LogP contribution in [0.1, 0.15) is 43.6 Å². The van der Waals surface area contributed by atoms with Gasteiger partial charge in [0.25, 0.3) is 0 Å². The second-order valence-electron chi connectivity index (χ2n) is 5.21. The van der Waals surface area contributed by atoms with Crippen molar-refractivity contribution in [3.05, 3.63) is 29.3 Å². The van der Waals surface area contributed by atoms with Crippen LogP contribution in [0.3, 0.4) is 0 Å². The van der Waals surface area contributed by atoms with E-state index in [-0.39, 0.29) is 5.91 Å². The molecule has 0 atom stereocenters. The molecule has 0 radical (unpaired) electrons. The minimum absolute atomic E-state index is 0.167. The van der Waals surface area contributed by atoms with Crippen molar-refractivity contribution in [3.63, 3.8) is 0 Å². The summed E-state index contributed by atoms with van der Waals surface area (Å²) in [4.78, 5) is 22.9. The molecule has 0 aliphatic rings. The molecule has 0 saturated heterocycles. The van der Waals surface area contributed by atoms with Crippen molar-refractivity contribution in [1.29, 1.82) is 0 Å². The van der Waals surface area contributed by atoms with Gasteiger partial charge in [-0.05, 0) is 45.4 Å². The number of esters is 1. The van der Waals surface area contributed by atoms with Crippen LogP contribution in [-0.2, 0) is 9.53 Å². The highest BCUT2D eigenvalue weighted by molar-refractivity contribution is 5.94. The molecule has 0 aliphatic carbocycles. The summed E-state index contributed by atoms with van der Waals surface area (Å²) in [5, 5.41) is 2.68. The number of carbonyl (C=O) groups excluding carboxylic acids is 2. The summed E-state index contributed by atoms with van der Waals surface area (Å²) in [6.07, 6.45) is 0. The maximum atomic E-state index is 11.9. The normalized spacial score (nSPS) is 10.9. The van der Waals surface area contributed by atoms with Crippen molar-refractivity contribution >= 4 is 17.6 Å². The molecule has 0 fully saturated rings. The lowest BCUT2D eigenvalue weighted by Crippen LogP contribution is -2.24. The molecule has 0 saturated carbocycles. The molecule has 0 aromatic heterocycles. The van der Waals surface area contributed by atoms with Gasteiger partial charge in [0.2, 0.25) is 5.91 Å². The molecular weight excluding hydrogens is 230 g/mol. The van der Waals surface area contributed by atoms with Gasteiger partial charge in [-0.2, -0.15) is 0 Å². The van der Waals surface area contributed by atoms with E-state index in [1.807, 2.05) is 27.7 Å². The Morgan fingerprint density at radius 1 is 1.22 bits per heavy atom. The first-order chi connectivity index (χ1) is 8.19. The lowest BCUT2D eigenvalue weighted by molar-refractivity contribution is -0.114. The van der Waals surface area contributed by atoms with Crippen LogP contribution in [-0.4, -0.2) is 17.5 Å². The first-order valence-electron chi connectivity index (χ1n) is 5.80. The molecule has 4 heteroatoms. The minimum atomic E-state index is -0.532. The number of hydrogen-bond donors (Lipinski definition) is 1. The Kier molecular flexibility index (Phi) is 4.11. The Bertz CT molecular complexity index is 472. The summed E-state index contributed by atoms with van der Waals surface area (Å²) in [5.74, 6) is -0.562. The lowest BCUT2D eigenvalue weighted by atomic mass is 10.1. The third-order valence-electron chi connectivity index (χ3n) is 2.18. The van der Waals surface area contributed by atoms with E-state index in [1.165, 1.54) is 6.92 Å². The van der Waals surface area contributed by atoms with Gasteiger partial charge in [0.05, 0.1) is 5.56 Å². The van der Waals surface area contributed by atoms with E-state index in [9.17, 15) is 9.59 Å². The molecule has 0 aliphatic heterocycles. The molecule has 4 nitrogen and oxygen atoms in total. The third kappa shape index (κ3) is 4.20. The molecule has 1 aromatic carbocycles. The van der Waals surface area contributed by atoms with E-state index in [1.54, 1.807) is 18.2 Å². The first-order valence-corrected chi connectivity index (χ1v) is 5.80. The van der Waals surface area contributed by atoms with Gasteiger partial charge in [0, 0.05) is 12.6 Å². The summed E-state index contributed by atoms with van der Waals surface area (Å²) < 4.78 is 5.27. The number of anilines is 1. The molecular formula is C14H19NO3. The Morgan fingerprint density at radius 2 is 1.83 bits per heavy atom. The molecule has 18 heavy (non-hydrogen) atoms. The van der Waals surface area contributed by atoms with Crippen molar-refractivity contribution in [2.24, 2.45) is 0 Å². The van der Waals surface area contributed by atoms with Gasteiger partial charge in [0.1, 0.15) is 5.60 Å². The zero-order chi connectivity index (χ0) is 13.9. The van der Waals surface area contributed by atoms with Gasteiger partial charge < -0.3 is 10.1 Å². The van der Waals surface area contributed by atoms with Crippen LogP contribution in [0.4, 0.5) is 5.69 Å². The molecule has 0 heterocycles. The highest BCUT2D eigenvalue weighted by atomic mass is 16.6. The fourth-order valence-corrected chi connectivity index (χ4v) is 1.41. The van der Waals surface area contributed by atoms with Crippen molar-refractivity contribution in [2.75, 3.05) is 5.32 Å². The van der Waals surface area contributed by atoms with Gasteiger partial charge in [-0.1, -0.05) is 6.07 Å². The average Bonchev–Trinajstić information content (AvgIpc) is 2.17. The van der Waals surface area contributed by atoms with Crippen molar-refractivity contribution in [1.82, 2.24) is 0 Å². The van der Waals surface area contributed by atoms with Crippen molar-refractivity contribution < 1.29 is 14.3 Å². The van der Waals surface area contributed by atoms with Gasteiger partial charge in [-0.25, -0.2) is 4.79 Å². The maximum absolute atomic E-state index is 11.9. The van der Waals surface area contributed by atoms with E-state index in [2.05, 4.69) is 5.32 Å². The highest BCUT2D eigenvalue weighted by Gasteiger charge is 2.18. The topological polar surface area (TPSA) is 55.4 Å². The Balaban J connectivity index is 2.97.